The molecule has 1 aliphatic carbocycles. The first-order valence-electron chi connectivity index (χ1n) is 8.72. The normalized spacial score (nSPS) is 17.0. The molecular formula is C17H19N5OS. The van der Waals surface area contributed by atoms with Crippen LogP contribution in [0, 0.1) is 0 Å². The van der Waals surface area contributed by atoms with Crippen molar-refractivity contribution in [3.8, 4) is 0 Å². The van der Waals surface area contributed by atoms with Gasteiger partial charge in [0.25, 0.3) is 5.56 Å². The van der Waals surface area contributed by atoms with Gasteiger partial charge in [-0.15, -0.1) is 21.5 Å². The largest absolute Gasteiger partial charge is 0.313 e. The monoisotopic (exact) mass is 341 g/mol. The summed E-state index contributed by atoms with van der Waals surface area (Å²) in [5.41, 5.74) is 1.33. The van der Waals surface area contributed by atoms with Crippen molar-refractivity contribution in [3.63, 3.8) is 0 Å². The second kappa shape index (κ2) is 5.51. The Bertz CT molecular complexity index is 983. The minimum absolute atomic E-state index is 0.0785. The molecule has 3 aromatic heterocycles. The Labute approximate surface area is 143 Å². The Kier molecular flexibility index (Phi) is 3.29. The molecule has 0 unspecified atom stereocenters. The van der Waals surface area contributed by atoms with Crippen molar-refractivity contribution in [3.05, 3.63) is 38.8 Å². The lowest BCUT2D eigenvalue weighted by Crippen LogP contribution is -2.23. The first-order chi connectivity index (χ1) is 11.8. The van der Waals surface area contributed by atoms with Crippen molar-refractivity contribution < 1.29 is 0 Å². The van der Waals surface area contributed by atoms with Crippen LogP contribution in [-0.2, 0) is 32.4 Å². The molecule has 5 rings (SSSR count). The number of thiophene rings is 1. The zero-order valence-electron chi connectivity index (χ0n) is 13.5. The summed E-state index contributed by atoms with van der Waals surface area (Å²) in [5.74, 6) is 1.91. The molecule has 0 N–H and O–H groups in total. The fourth-order valence-corrected chi connectivity index (χ4v) is 5.17. The van der Waals surface area contributed by atoms with E-state index in [-0.39, 0.29) is 5.56 Å². The number of hydrogen-bond acceptors (Lipinski definition) is 5. The SMILES string of the molecule is O=c1c2c3c(sc2ncn1Cc1nnc2n1CCC2)CCCCC3. The maximum absolute atomic E-state index is 13.1. The standard InChI is InChI=1S/C17H19N5OS/c23-17-15-11-5-2-1-3-6-12(11)24-16(15)18-10-21(17)9-14-20-19-13-7-4-8-22(13)14/h10H,1-9H2. The zero-order chi connectivity index (χ0) is 16.1. The maximum atomic E-state index is 13.1. The Hall–Kier alpha value is -2.02. The summed E-state index contributed by atoms with van der Waals surface area (Å²) >= 11 is 1.71. The number of fused-ring (bicyclic) bond motifs is 4. The molecule has 0 atom stereocenters. The van der Waals surface area contributed by atoms with E-state index in [1.54, 1.807) is 22.2 Å². The van der Waals surface area contributed by atoms with Crippen molar-refractivity contribution in [2.24, 2.45) is 0 Å². The third-order valence-corrected chi connectivity index (χ3v) is 6.39. The highest BCUT2D eigenvalue weighted by Crippen LogP contribution is 2.32. The second-order valence-corrected chi connectivity index (χ2v) is 7.79. The van der Waals surface area contributed by atoms with Gasteiger partial charge in [0, 0.05) is 17.8 Å². The molecule has 0 amide bonds. The van der Waals surface area contributed by atoms with Crippen molar-refractivity contribution >= 4 is 21.6 Å². The fraction of sp³-hybridized carbons (Fsp3) is 0.529. The smallest absolute Gasteiger partial charge is 0.262 e. The summed E-state index contributed by atoms with van der Waals surface area (Å²) in [6.45, 7) is 1.41. The zero-order valence-corrected chi connectivity index (χ0v) is 14.3. The molecule has 2 aliphatic rings. The third kappa shape index (κ3) is 2.14. The molecule has 0 spiro atoms. The van der Waals surface area contributed by atoms with Gasteiger partial charge in [0.2, 0.25) is 0 Å². The summed E-state index contributed by atoms with van der Waals surface area (Å²) in [6.07, 6.45) is 9.52. The average Bonchev–Trinajstić information content (AvgIpc) is 3.23. The third-order valence-electron chi connectivity index (χ3n) is 5.19. The predicted molar refractivity (Wildman–Crippen MR) is 92.6 cm³/mol. The van der Waals surface area contributed by atoms with E-state index >= 15 is 0 Å². The fourth-order valence-electron chi connectivity index (χ4n) is 3.95. The molecule has 24 heavy (non-hydrogen) atoms. The average molecular weight is 341 g/mol. The van der Waals surface area contributed by atoms with E-state index < -0.39 is 0 Å². The molecule has 124 valence electrons. The summed E-state index contributed by atoms with van der Waals surface area (Å²) in [5, 5.41) is 9.36. The van der Waals surface area contributed by atoms with E-state index in [1.807, 2.05) is 0 Å². The van der Waals surface area contributed by atoms with Gasteiger partial charge in [-0.05, 0) is 37.7 Å². The Balaban J connectivity index is 1.60. The first-order valence-corrected chi connectivity index (χ1v) is 9.53. The van der Waals surface area contributed by atoms with Gasteiger partial charge in [0.1, 0.15) is 10.7 Å². The van der Waals surface area contributed by atoms with Crippen LogP contribution in [0.25, 0.3) is 10.2 Å². The number of hydrogen-bond donors (Lipinski definition) is 0. The van der Waals surface area contributed by atoms with E-state index in [0.717, 1.165) is 54.1 Å². The Morgan fingerprint density at radius 1 is 1.08 bits per heavy atom. The van der Waals surface area contributed by atoms with E-state index in [0.29, 0.717) is 6.54 Å². The predicted octanol–water partition coefficient (Wildman–Crippen LogP) is 2.31. The van der Waals surface area contributed by atoms with Gasteiger partial charge in [-0.1, -0.05) is 6.42 Å². The summed E-state index contributed by atoms with van der Waals surface area (Å²) in [4.78, 5) is 19.9. The molecule has 0 saturated carbocycles. The Morgan fingerprint density at radius 2 is 2.00 bits per heavy atom. The van der Waals surface area contributed by atoms with Crippen LogP contribution < -0.4 is 5.56 Å². The van der Waals surface area contributed by atoms with Crippen LogP contribution in [0.15, 0.2) is 11.1 Å². The number of rotatable bonds is 2. The first kappa shape index (κ1) is 14.3. The minimum Gasteiger partial charge on any atom is -0.313 e. The molecule has 3 aromatic rings. The molecule has 0 saturated heterocycles. The van der Waals surface area contributed by atoms with E-state index in [1.165, 1.54) is 29.7 Å². The minimum atomic E-state index is 0.0785. The summed E-state index contributed by atoms with van der Waals surface area (Å²) in [6, 6.07) is 0. The van der Waals surface area contributed by atoms with Crippen LogP contribution in [0.1, 0.15) is 47.8 Å². The van der Waals surface area contributed by atoms with Crippen LogP contribution in [0.5, 0.6) is 0 Å². The lowest BCUT2D eigenvalue weighted by atomic mass is 10.1. The number of aromatic nitrogens is 5. The quantitative estimate of drug-likeness (QED) is 0.671. The second-order valence-electron chi connectivity index (χ2n) is 6.71. The molecule has 4 heterocycles. The van der Waals surface area contributed by atoms with Gasteiger partial charge < -0.3 is 4.57 Å². The van der Waals surface area contributed by atoms with Crippen LogP contribution in [-0.4, -0.2) is 24.3 Å². The van der Waals surface area contributed by atoms with Crippen LogP contribution in [0.2, 0.25) is 0 Å². The van der Waals surface area contributed by atoms with Crippen molar-refractivity contribution in [2.75, 3.05) is 0 Å². The van der Waals surface area contributed by atoms with Gasteiger partial charge in [0.05, 0.1) is 18.3 Å². The number of nitrogens with zero attached hydrogens (tertiary/aromatic N) is 5. The van der Waals surface area contributed by atoms with Crippen molar-refractivity contribution in [1.82, 2.24) is 24.3 Å². The lowest BCUT2D eigenvalue weighted by Gasteiger charge is -2.06. The highest BCUT2D eigenvalue weighted by atomic mass is 32.1. The molecule has 6 nitrogen and oxygen atoms in total. The highest BCUT2D eigenvalue weighted by molar-refractivity contribution is 7.18. The van der Waals surface area contributed by atoms with Gasteiger partial charge >= 0.3 is 0 Å². The topological polar surface area (TPSA) is 65.6 Å². The highest BCUT2D eigenvalue weighted by Gasteiger charge is 2.21. The van der Waals surface area contributed by atoms with E-state index in [9.17, 15) is 4.79 Å². The van der Waals surface area contributed by atoms with Gasteiger partial charge in [0.15, 0.2) is 5.82 Å². The van der Waals surface area contributed by atoms with E-state index in [2.05, 4.69) is 19.7 Å². The maximum Gasteiger partial charge on any atom is 0.262 e. The molecule has 0 radical (unpaired) electrons. The molecule has 0 aromatic carbocycles. The molecule has 1 aliphatic heterocycles. The molecule has 7 heteroatoms. The Morgan fingerprint density at radius 3 is 2.96 bits per heavy atom. The van der Waals surface area contributed by atoms with Crippen LogP contribution >= 0.6 is 11.3 Å². The van der Waals surface area contributed by atoms with Gasteiger partial charge in [-0.25, -0.2) is 4.98 Å². The van der Waals surface area contributed by atoms with Crippen molar-refractivity contribution in [1.29, 1.82) is 0 Å². The van der Waals surface area contributed by atoms with Gasteiger partial charge in [-0.2, -0.15) is 0 Å². The number of aryl methyl sites for hydroxylation is 3. The lowest BCUT2D eigenvalue weighted by molar-refractivity contribution is 0.631. The molecule has 0 fully saturated rings. The van der Waals surface area contributed by atoms with Crippen LogP contribution in [0.3, 0.4) is 0 Å². The summed E-state index contributed by atoms with van der Waals surface area (Å²) < 4.78 is 3.85. The van der Waals surface area contributed by atoms with E-state index in [4.69, 9.17) is 0 Å². The molecule has 0 bridgehead atoms. The van der Waals surface area contributed by atoms with Gasteiger partial charge in [-0.3, -0.25) is 9.36 Å². The van der Waals surface area contributed by atoms with Crippen LogP contribution in [0.4, 0.5) is 0 Å². The van der Waals surface area contributed by atoms with Crippen molar-refractivity contribution in [2.45, 2.75) is 58.0 Å². The molecular weight excluding hydrogens is 322 g/mol. The summed E-state index contributed by atoms with van der Waals surface area (Å²) in [7, 11) is 0.